The summed E-state index contributed by atoms with van der Waals surface area (Å²) in [5.41, 5.74) is 2.42. The summed E-state index contributed by atoms with van der Waals surface area (Å²) in [7, 11) is -3.63. The second kappa shape index (κ2) is 8.28. The second-order valence-corrected chi connectivity index (χ2v) is 9.26. The maximum Gasteiger partial charge on any atom is 0.251 e. The van der Waals surface area contributed by atoms with Crippen LogP contribution in [0.15, 0.2) is 71.6 Å². The Labute approximate surface area is 184 Å². The van der Waals surface area contributed by atoms with Gasteiger partial charge in [0.1, 0.15) is 11.1 Å². The van der Waals surface area contributed by atoms with Crippen LogP contribution in [-0.2, 0) is 16.6 Å². The molecule has 1 amide bonds. The van der Waals surface area contributed by atoms with Crippen LogP contribution in [0.4, 0.5) is 5.69 Å². The summed E-state index contributed by atoms with van der Waals surface area (Å²) in [6.07, 6.45) is -0.630. The lowest BCUT2D eigenvalue weighted by Crippen LogP contribution is -2.38. The average Bonchev–Trinajstić information content (AvgIpc) is 2.72. The van der Waals surface area contributed by atoms with Crippen molar-refractivity contribution in [1.29, 1.82) is 0 Å². The third-order valence-corrected chi connectivity index (χ3v) is 6.78. The van der Waals surface area contributed by atoms with E-state index < -0.39 is 16.2 Å². The van der Waals surface area contributed by atoms with E-state index in [9.17, 15) is 13.2 Å². The molecule has 1 atom stereocenters. The van der Waals surface area contributed by atoms with E-state index in [0.29, 0.717) is 26.9 Å². The van der Waals surface area contributed by atoms with Crippen LogP contribution in [0.1, 0.15) is 27.7 Å². The number of fused-ring (bicyclic) bond motifs is 1. The van der Waals surface area contributed by atoms with Crippen molar-refractivity contribution in [2.75, 3.05) is 5.32 Å². The summed E-state index contributed by atoms with van der Waals surface area (Å²) < 4.78 is 27.5. The Morgan fingerprint density at radius 2 is 1.73 bits per heavy atom. The molecule has 3 aromatic rings. The molecular formula is C21H17Cl2N3O3S. The minimum atomic E-state index is -3.63. The van der Waals surface area contributed by atoms with Gasteiger partial charge < -0.3 is 10.6 Å². The molecule has 0 unspecified atom stereocenters. The summed E-state index contributed by atoms with van der Waals surface area (Å²) in [4.78, 5) is 12.6. The second-order valence-electron chi connectivity index (χ2n) is 6.74. The number of nitrogens with one attached hydrogen (secondary N) is 3. The van der Waals surface area contributed by atoms with Crippen molar-refractivity contribution in [3.63, 3.8) is 0 Å². The normalized spacial score (nSPS) is 16.9. The van der Waals surface area contributed by atoms with Gasteiger partial charge in [-0.05, 0) is 47.5 Å². The lowest BCUT2D eigenvalue weighted by molar-refractivity contribution is 0.0951. The van der Waals surface area contributed by atoms with Crippen LogP contribution in [0.2, 0.25) is 10.0 Å². The van der Waals surface area contributed by atoms with Crippen molar-refractivity contribution in [2.24, 2.45) is 0 Å². The number of para-hydroxylation sites is 1. The maximum atomic E-state index is 12.5. The fraction of sp³-hybridized carbons (Fsp3) is 0.0952. The number of benzene rings is 3. The SMILES string of the molecule is O=C(NCc1ccc(Cl)cc1Cl)c1ccc([C@H]2Nc3ccccc3S(=O)(=O)N2)cc1. The summed E-state index contributed by atoms with van der Waals surface area (Å²) >= 11 is 12.0. The standard InChI is InChI=1S/C21H17Cl2N3O3S/c22-16-10-9-15(17(23)11-16)12-24-21(27)14-7-5-13(6-8-14)20-25-18-3-1-2-4-19(18)30(28,29)26-20/h1-11,20,25-26H,12H2,(H,24,27)/t20-/m0/s1. The number of sulfonamides is 1. The lowest BCUT2D eigenvalue weighted by Gasteiger charge is -2.28. The average molecular weight is 462 g/mol. The minimum absolute atomic E-state index is 0.207. The molecular weight excluding hydrogens is 445 g/mol. The Morgan fingerprint density at radius 1 is 1.00 bits per heavy atom. The number of halogens is 2. The molecule has 1 heterocycles. The minimum Gasteiger partial charge on any atom is -0.364 e. The predicted molar refractivity (Wildman–Crippen MR) is 117 cm³/mol. The molecule has 0 saturated heterocycles. The third kappa shape index (κ3) is 4.29. The first-order valence-corrected chi connectivity index (χ1v) is 11.3. The monoisotopic (exact) mass is 461 g/mol. The topological polar surface area (TPSA) is 87.3 Å². The van der Waals surface area contributed by atoms with Gasteiger partial charge >= 0.3 is 0 Å². The fourth-order valence-electron chi connectivity index (χ4n) is 3.14. The highest BCUT2D eigenvalue weighted by Crippen LogP contribution is 2.30. The van der Waals surface area contributed by atoms with Gasteiger partial charge in [-0.25, -0.2) is 8.42 Å². The van der Waals surface area contributed by atoms with Crippen LogP contribution in [0.5, 0.6) is 0 Å². The molecule has 0 fully saturated rings. The van der Waals surface area contributed by atoms with Gasteiger partial charge in [0, 0.05) is 22.2 Å². The maximum absolute atomic E-state index is 12.5. The quantitative estimate of drug-likeness (QED) is 0.539. The van der Waals surface area contributed by atoms with Crippen LogP contribution in [0.25, 0.3) is 0 Å². The van der Waals surface area contributed by atoms with Crippen molar-refractivity contribution >= 4 is 44.8 Å². The molecule has 0 bridgehead atoms. The number of amides is 1. The number of hydrogen-bond donors (Lipinski definition) is 3. The van der Waals surface area contributed by atoms with Crippen LogP contribution in [-0.4, -0.2) is 14.3 Å². The van der Waals surface area contributed by atoms with Crippen molar-refractivity contribution < 1.29 is 13.2 Å². The molecule has 30 heavy (non-hydrogen) atoms. The Bertz CT molecular complexity index is 1210. The largest absolute Gasteiger partial charge is 0.364 e. The molecule has 0 aromatic heterocycles. The molecule has 4 rings (SSSR count). The molecule has 3 N–H and O–H groups in total. The van der Waals surface area contributed by atoms with Gasteiger partial charge in [0.25, 0.3) is 5.91 Å². The molecule has 0 radical (unpaired) electrons. The summed E-state index contributed by atoms with van der Waals surface area (Å²) in [5.74, 6) is -0.268. The fourth-order valence-corrected chi connectivity index (χ4v) is 4.93. The van der Waals surface area contributed by atoms with Gasteiger partial charge in [-0.1, -0.05) is 53.5 Å². The number of rotatable bonds is 4. The number of hydrogen-bond acceptors (Lipinski definition) is 4. The van der Waals surface area contributed by atoms with Crippen molar-refractivity contribution in [2.45, 2.75) is 17.6 Å². The van der Waals surface area contributed by atoms with E-state index in [4.69, 9.17) is 23.2 Å². The molecule has 154 valence electrons. The summed E-state index contributed by atoms with van der Waals surface area (Å²) in [5, 5.41) is 6.97. The van der Waals surface area contributed by atoms with Crippen LogP contribution >= 0.6 is 23.2 Å². The van der Waals surface area contributed by atoms with E-state index in [0.717, 1.165) is 5.56 Å². The molecule has 0 spiro atoms. The van der Waals surface area contributed by atoms with Crippen LogP contribution in [0.3, 0.4) is 0 Å². The molecule has 0 saturated carbocycles. The van der Waals surface area contributed by atoms with E-state index in [2.05, 4.69) is 15.4 Å². The van der Waals surface area contributed by atoms with Gasteiger partial charge in [-0.3, -0.25) is 4.79 Å². The lowest BCUT2D eigenvalue weighted by atomic mass is 10.1. The Hall–Kier alpha value is -2.58. The van der Waals surface area contributed by atoms with Gasteiger partial charge in [0.15, 0.2) is 0 Å². The molecule has 0 aliphatic carbocycles. The van der Waals surface area contributed by atoms with Gasteiger partial charge in [-0.15, -0.1) is 0 Å². The smallest absolute Gasteiger partial charge is 0.251 e. The van der Waals surface area contributed by atoms with E-state index in [1.54, 1.807) is 66.7 Å². The van der Waals surface area contributed by atoms with E-state index in [1.807, 2.05) is 0 Å². The Kier molecular flexibility index (Phi) is 5.71. The highest BCUT2D eigenvalue weighted by Gasteiger charge is 2.29. The van der Waals surface area contributed by atoms with Gasteiger partial charge in [0.05, 0.1) is 5.69 Å². The van der Waals surface area contributed by atoms with Crippen molar-refractivity contribution in [1.82, 2.24) is 10.0 Å². The third-order valence-electron chi connectivity index (χ3n) is 4.71. The molecule has 1 aliphatic heterocycles. The van der Waals surface area contributed by atoms with Gasteiger partial charge in [-0.2, -0.15) is 4.72 Å². The first kappa shape index (κ1) is 20.7. The summed E-state index contributed by atoms with van der Waals surface area (Å²) in [6.45, 7) is 0.261. The Balaban J connectivity index is 1.46. The summed E-state index contributed by atoms with van der Waals surface area (Å²) in [6, 6.07) is 18.5. The zero-order valence-corrected chi connectivity index (χ0v) is 17.9. The molecule has 3 aromatic carbocycles. The molecule has 1 aliphatic rings. The number of carbonyl (C=O) groups excluding carboxylic acids is 1. The van der Waals surface area contributed by atoms with E-state index in [-0.39, 0.29) is 17.3 Å². The highest BCUT2D eigenvalue weighted by molar-refractivity contribution is 7.89. The van der Waals surface area contributed by atoms with E-state index >= 15 is 0 Å². The zero-order chi connectivity index (χ0) is 21.3. The first-order chi connectivity index (χ1) is 14.3. The van der Waals surface area contributed by atoms with Crippen LogP contribution in [0, 0.1) is 0 Å². The highest BCUT2D eigenvalue weighted by atomic mass is 35.5. The van der Waals surface area contributed by atoms with E-state index in [1.165, 1.54) is 0 Å². The van der Waals surface area contributed by atoms with Gasteiger partial charge in [0.2, 0.25) is 10.0 Å². The first-order valence-electron chi connectivity index (χ1n) is 9.03. The predicted octanol–water partition coefficient (Wildman–Crippen LogP) is 4.33. The number of anilines is 1. The zero-order valence-electron chi connectivity index (χ0n) is 15.5. The number of carbonyl (C=O) groups is 1. The molecule has 6 nitrogen and oxygen atoms in total. The van der Waals surface area contributed by atoms with Crippen molar-refractivity contribution in [3.8, 4) is 0 Å². The molecule has 9 heteroatoms. The van der Waals surface area contributed by atoms with Crippen LogP contribution < -0.4 is 15.4 Å². The Morgan fingerprint density at radius 3 is 2.47 bits per heavy atom. The van der Waals surface area contributed by atoms with Crippen molar-refractivity contribution in [3.05, 3.63) is 93.5 Å².